The standard InChI is InChI=1S/C11H14BrN3O3/c1-18-9-2-4-14(5-3-9)11-10(15(16)17)6-8(12)7-13-11/h6-7,9H,2-5H2,1H3. The number of hydrogen-bond donors (Lipinski definition) is 0. The average Bonchev–Trinajstić information content (AvgIpc) is 2.39. The maximum absolute atomic E-state index is 11.0. The van der Waals surface area contributed by atoms with E-state index in [9.17, 15) is 10.1 Å². The zero-order valence-electron chi connectivity index (χ0n) is 10.0. The normalized spacial score (nSPS) is 16.9. The summed E-state index contributed by atoms with van der Waals surface area (Å²) in [6.45, 7) is 1.46. The molecule has 1 aromatic heterocycles. The fourth-order valence-electron chi connectivity index (χ4n) is 2.10. The molecular formula is C11H14BrN3O3. The summed E-state index contributed by atoms with van der Waals surface area (Å²) in [5.41, 5.74) is 0.0419. The first kappa shape index (κ1) is 13.2. The van der Waals surface area contributed by atoms with Crippen LogP contribution in [0.5, 0.6) is 0 Å². The van der Waals surface area contributed by atoms with Crippen molar-refractivity contribution in [3.05, 3.63) is 26.9 Å². The Balaban J connectivity index is 2.21. The van der Waals surface area contributed by atoms with Gasteiger partial charge < -0.3 is 9.64 Å². The third kappa shape index (κ3) is 2.78. The summed E-state index contributed by atoms with van der Waals surface area (Å²) in [6, 6.07) is 1.49. The van der Waals surface area contributed by atoms with E-state index in [4.69, 9.17) is 4.74 Å². The molecule has 6 nitrogen and oxygen atoms in total. The van der Waals surface area contributed by atoms with Crippen molar-refractivity contribution in [3.8, 4) is 0 Å². The zero-order chi connectivity index (χ0) is 13.1. The lowest BCUT2D eigenvalue weighted by Crippen LogP contribution is -2.37. The highest BCUT2D eigenvalue weighted by molar-refractivity contribution is 9.10. The van der Waals surface area contributed by atoms with Gasteiger partial charge in [-0.05, 0) is 28.8 Å². The van der Waals surface area contributed by atoms with Gasteiger partial charge in [-0.2, -0.15) is 0 Å². The lowest BCUT2D eigenvalue weighted by Gasteiger charge is -2.31. The maximum atomic E-state index is 11.0. The summed E-state index contributed by atoms with van der Waals surface area (Å²) in [6.07, 6.45) is 3.57. The molecule has 98 valence electrons. The van der Waals surface area contributed by atoms with Gasteiger partial charge in [0, 0.05) is 36.9 Å². The topological polar surface area (TPSA) is 68.5 Å². The Morgan fingerprint density at radius 2 is 2.22 bits per heavy atom. The van der Waals surface area contributed by atoms with Crippen molar-refractivity contribution >= 4 is 27.4 Å². The number of pyridine rings is 1. The molecule has 18 heavy (non-hydrogen) atoms. The Bertz CT molecular complexity index is 447. The molecule has 2 rings (SSSR count). The summed E-state index contributed by atoms with van der Waals surface area (Å²) in [5.74, 6) is 0.442. The fourth-order valence-corrected chi connectivity index (χ4v) is 2.42. The van der Waals surface area contributed by atoms with Crippen molar-refractivity contribution in [1.82, 2.24) is 4.98 Å². The van der Waals surface area contributed by atoms with Crippen molar-refractivity contribution < 1.29 is 9.66 Å². The molecular weight excluding hydrogens is 302 g/mol. The summed E-state index contributed by atoms with van der Waals surface area (Å²) >= 11 is 3.20. The Labute approximate surface area is 113 Å². The first-order chi connectivity index (χ1) is 8.61. The molecule has 1 aromatic rings. The minimum atomic E-state index is -0.393. The molecule has 0 aliphatic carbocycles. The van der Waals surface area contributed by atoms with E-state index in [0.717, 1.165) is 25.9 Å². The van der Waals surface area contributed by atoms with Gasteiger partial charge in [0.15, 0.2) is 0 Å². The number of methoxy groups -OCH3 is 1. The Kier molecular flexibility index (Phi) is 4.13. The number of ether oxygens (including phenoxy) is 1. The minimum absolute atomic E-state index is 0.0419. The van der Waals surface area contributed by atoms with Crippen LogP contribution >= 0.6 is 15.9 Å². The predicted molar refractivity (Wildman–Crippen MR) is 70.8 cm³/mol. The quantitative estimate of drug-likeness (QED) is 0.632. The lowest BCUT2D eigenvalue weighted by atomic mass is 10.1. The van der Waals surface area contributed by atoms with E-state index in [-0.39, 0.29) is 11.8 Å². The monoisotopic (exact) mass is 315 g/mol. The van der Waals surface area contributed by atoms with Crippen LogP contribution < -0.4 is 4.90 Å². The largest absolute Gasteiger partial charge is 0.381 e. The molecule has 2 heterocycles. The van der Waals surface area contributed by atoms with E-state index in [1.807, 2.05) is 4.90 Å². The summed E-state index contributed by atoms with van der Waals surface area (Å²) in [5, 5.41) is 11.0. The van der Waals surface area contributed by atoms with Gasteiger partial charge in [-0.3, -0.25) is 10.1 Å². The van der Waals surface area contributed by atoms with E-state index >= 15 is 0 Å². The van der Waals surface area contributed by atoms with Crippen molar-refractivity contribution in [1.29, 1.82) is 0 Å². The molecule has 0 saturated carbocycles. The lowest BCUT2D eigenvalue weighted by molar-refractivity contribution is -0.384. The zero-order valence-corrected chi connectivity index (χ0v) is 11.6. The molecule has 1 aliphatic rings. The number of piperidine rings is 1. The molecule has 0 unspecified atom stereocenters. The third-order valence-corrected chi connectivity index (χ3v) is 3.52. The van der Waals surface area contributed by atoms with E-state index in [0.29, 0.717) is 10.3 Å². The number of nitro groups is 1. The predicted octanol–water partition coefficient (Wildman–Crippen LogP) is 2.37. The maximum Gasteiger partial charge on any atom is 0.312 e. The number of anilines is 1. The third-order valence-electron chi connectivity index (χ3n) is 3.09. The van der Waals surface area contributed by atoms with Crippen LogP contribution in [0.4, 0.5) is 11.5 Å². The molecule has 0 atom stereocenters. The Morgan fingerprint density at radius 3 is 2.78 bits per heavy atom. The van der Waals surface area contributed by atoms with E-state index < -0.39 is 4.92 Å². The first-order valence-electron chi connectivity index (χ1n) is 5.69. The number of aromatic nitrogens is 1. The van der Waals surface area contributed by atoms with Crippen LogP contribution in [0.2, 0.25) is 0 Å². The molecule has 0 amide bonds. The Morgan fingerprint density at radius 1 is 1.56 bits per heavy atom. The second-order valence-electron chi connectivity index (χ2n) is 4.18. The number of hydrogen-bond acceptors (Lipinski definition) is 5. The van der Waals surface area contributed by atoms with Gasteiger partial charge in [0.2, 0.25) is 5.82 Å². The van der Waals surface area contributed by atoms with Crippen LogP contribution in [0, 0.1) is 10.1 Å². The van der Waals surface area contributed by atoms with Crippen molar-refractivity contribution in [3.63, 3.8) is 0 Å². The van der Waals surface area contributed by atoms with Gasteiger partial charge in [-0.15, -0.1) is 0 Å². The van der Waals surface area contributed by atoms with Crippen LogP contribution in [-0.4, -0.2) is 36.2 Å². The number of rotatable bonds is 3. The minimum Gasteiger partial charge on any atom is -0.381 e. The molecule has 0 aromatic carbocycles. The van der Waals surface area contributed by atoms with E-state index in [1.54, 1.807) is 13.3 Å². The molecule has 7 heteroatoms. The van der Waals surface area contributed by atoms with Crippen LogP contribution in [-0.2, 0) is 4.74 Å². The summed E-state index contributed by atoms with van der Waals surface area (Å²) in [4.78, 5) is 16.8. The second-order valence-corrected chi connectivity index (χ2v) is 5.09. The van der Waals surface area contributed by atoms with Gasteiger partial charge in [0.25, 0.3) is 0 Å². The van der Waals surface area contributed by atoms with Gasteiger partial charge in [-0.1, -0.05) is 0 Å². The van der Waals surface area contributed by atoms with E-state index in [2.05, 4.69) is 20.9 Å². The second kappa shape index (κ2) is 5.62. The first-order valence-corrected chi connectivity index (χ1v) is 6.49. The summed E-state index contributed by atoms with van der Waals surface area (Å²) < 4.78 is 5.90. The Hall–Kier alpha value is -1.21. The van der Waals surface area contributed by atoms with Gasteiger partial charge in [-0.25, -0.2) is 4.98 Å². The molecule has 0 radical (unpaired) electrons. The van der Waals surface area contributed by atoms with Crippen molar-refractivity contribution in [2.45, 2.75) is 18.9 Å². The molecule has 0 bridgehead atoms. The number of nitrogens with zero attached hydrogens (tertiary/aromatic N) is 3. The van der Waals surface area contributed by atoms with Crippen LogP contribution in [0.1, 0.15) is 12.8 Å². The highest BCUT2D eigenvalue weighted by atomic mass is 79.9. The van der Waals surface area contributed by atoms with Crippen LogP contribution in [0.15, 0.2) is 16.7 Å². The van der Waals surface area contributed by atoms with Crippen LogP contribution in [0.25, 0.3) is 0 Å². The van der Waals surface area contributed by atoms with Gasteiger partial charge in [0.1, 0.15) is 0 Å². The molecule has 1 aliphatic heterocycles. The smallest absolute Gasteiger partial charge is 0.312 e. The highest BCUT2D eigenvalue weighted by Gasteiger charge is 2.26. The average molecular weight is 316 g/mol. The fraction of sp³-hybridized carbons (Fsp3) is 0.545. The molecule has 1 fully saturated rings. The molecule has 0 spiro atoms. The van der Waals surface area contributed by atoms with Crippen molar-refractivity contribution in [2.24, 2.45) is 0 Å². The van der Waals surface area contributed by atoms with Crippen LogP contribution in [0.3, 0.4) is 0 Å². The van der Waals surface area contributed by atoms with Crippen molar-refractivity contribution in [2.75, 3.05) is 25.1 Å². The van der Waals surface area contributed by atoms with Gasteiger partial charge in [0.05, 0.1) is 11.0 Å². The highest BCUT2D eigenvalue weighted by Crippen LogP contribution is 2.30. The van der Waals surface area contributed by atoms with E-state index in [1.165, 1.54) is 6.07 Å². The SMILES string of the molecule is COC1CCN(c2ncc(Br)cc2[N+](=O)[O-])CC1. The molecule has 0 N–H and O–H groups in total. The molecule has 1 saturated heterocycles. The number of halogens is 1. The summed E-state index contributed by atoms with van der Waals surface area (Å²) in [7, 11) is 1.70. The van der Waals surface area contributed by atoms with Gasteiger partial charge >= 0.3 is 5.69 Å².